The minimum absolute atomic E-state index is 0.00947. The van der Waals surface area contributed by atoms with Crippen LogP contribution in [0.15, 0.2) is 21.3 Å². The number of aromatic nitrogens is 1. The van der Waals surface area contributed by atoms with Crippen LogP contribution in [0.5, 0.6) is 0 Å². The number of hydrogen-bond donors (Lipinski definition) is 2. The summed E-state index contributed by atoms with van der Waals surface area (Å²) in [5.41, 5.74) is 0.0273. The lowest BCUT2D eigenvalue weighted by Gasteiger charge is -2.30. The number of rotatable bonds is 4. The molecule has 8 heteroatoms. The number of carboxylic acid groups (broad SMARTS) is 1. The summed E-state index contributed by atoms with van der Waals surface area (Å²) < 4.78 is 5.38. The maximum Gasteiger partial charge on any atom is 0.339 e. The summed E-state index contributed by atoms with van der Waals surface area (Å²) in [7, 11) is 1.48. The van der Waals surface area contributed by atoms with Crippen molar-refractivity contribution in [3.63, 3.8) is 0 Å². The lowest BCUT2D eigenvalue weighted by atomic mass is 9.75. The van der Waals surface area contributed by atoms with E-state index in [1.54, 1.807) is 0 Å². The molecule has 8 nitrogen and oxygen atoms in total. The fraction of sp³-hybridized carbons (Fsp3) is 0.400. The molecule has 1 aliphatic rings. The Hall–Kier alpha value is -3.16. The topological polar surface area (TPSA) is 121 Å². The summed E-state index contributed by atoms with van der Waals surface area (Å²) in [5.74, 6) is -1.27. The largest absolute Gasteiger partial charge is 0.478 e. The minimum Gasteiger partial charge on any atom is -0.478 e. The van der Waals surface area contributed by atoms with Crippen LogP contribution in [0.3, 0.4) is 0 Å². The zero-order valence-electron chi connectivity index (χ0n) is 16.2. The predicted octanol–water partition coefficient (Wildman–Crippen LogP) is 2.40. The van der Waals surface area contributed by atoms with Crippen molar-refractivity contribution in [1.29, 1.82) is 0 Å². The van der Waals surface area contributed by atoms with Gasteiger partial charge in [-0.2, -0.15) is 0 Å². The van der Waals surface area contributed by atoms with Crippen molar-refractivity contribution in [2.24, 2.45) is 5.41 Å². The van der Waals surface area contributed by atoms with E-state index in [0.29, 0.717) is 24.1 Å². The lowest BCUT2D eigenvalue weighted by molar-refractivity contribution is 0.0693. The SMILES string of the molecule is Cc1oc(CN(C)C(=O)c2cc3c([nH]c2=O)CC(C)(C)CC3=O)cc1C(=O)O. The van der Waals surface area contributed by atoms with E-state index in [0.717, 1.165) is 0 Å². The monoisotopic (exact) mass is 386 g/mol. The van der Waals surface area contributed by atoms with E-state index in [1.165, 1.54) is 31.0 Å². The number of furan rings is 1. The Morgan fingerprint density at radius 1 is 1.21 bits per heavy atom. The van der Waals surface area contributed by atoms with E-state index in [9.17, 15) is 19.2 Å². The van der Waals surface area contributed by atoms with Gasteiger partial charge in [0.15, 0.2) is 5.78 Å². The number of aromatic carboxylic acids is 1. The smallest absolute Gasteiger partial charge is 0.339 e. The lowest BCUT2D eigenvalue weighted by Crippen LogP contribution is -2.35. The molecular formula is C20H22N2O6. The Bertz CT molecular complexity index is 1040. The molecule has 3 rings (SSSR count). The molecule has 2 aromatic rings. The highest BCUT2D eigenvalue weighted by Crippen LogP contribution is 2.33. The van der Waals surface area contributed by atoms with Crippen LogP contribution in [0.2, 0.25) is 0 Å². The van der Waals surface area contributed by atoms with Gasteiger partial charge < -0.3 is 19.4 Å². The molecule has 0 spiro atoms. The Morgan fingerprint density at radius 2 is 1.89 bits per heavy atom. The number of nitrogens with one attached hydrogen (secondary N) is 1. The minimum atomic E-state index is -1.12. The molecule has 0 atom stereocenters. The van der Waals surface area contributed by atoms with Crippen molar-refractivity contribution in [3.8, 4) is 0 Å². The van der Waals surface area contributed by atoms with Gasteiger partial charge in [0.05, 0.1) is 6.54 Å². The van der Waals surface area contributed by atoms with E-state index in [1.807, 2.05) is 13.8 Å². The van der Waals surface area contributed by atoms with E-state index in [-0.39, 0.29) is 40.4 Å². The summed E-state index contributed by atoms with van der Waals surface area (Å²) in [5, 5.41) is 9.09. The van der Waals surface area contributed by atoms with Crippen LogP contribution in [-0.2, 0) is 13.0 Å². The van der Waals surface area contributed by atoms with Crippen LogP contribution >= 0.6 is 0 Å². The van der Waals surface area contributed by atoms with Crippen LogP contribution < -0.4 is 5.56 Å². The van der Waals surface area contributed by atoms with Crippen molar-refractivity contribution in [2.75, 3.05) is 7.05 Å². The number of carbonyl (C=O) groups is 3. The van der Waals surface area contributed by atoms with Crippen LogP contribution in [0, 0.1) is 12.3 Å². The Morgan fingerprint density at radius 3 is 2.50 bits per heavy atom. The summed E-state index contributed by atoms with van der Waals surface area (Å²) in [6.45, 7) is 5.42. The number of carboxylic acids is 1. The van der Waals surface area contributed by atoms with Crippen LogP contribution in [0.4, 0.5) is 0 Å². The Kier molecular flexibility index (Phi) is 4.74. The first-order valence-corrected chi connectivity index (χ1v) is 8.86. The molecule has 0 aromatic carbocycles. The van der Waals surface area contributed by atoms with Gasteiger partial charge in [-0.05, 0) is 30.9 Å². The number of aromatic amines is 1. The second-order valence-electron chi connectivity index (χ2n) is 7.99. The number of pyridine rings is 1. The highest BCUT2D eigenvalue weighted by atomic mass is 16.4. The summed E-state index contributed by atoms with van der Waals surface area (Å²) >= 11 is 0. The average Bonchev–Trinajstić information content (AvgIpc) is 2.93. The average molecular weight is 386 g/mol. The molecule has 0 bridgehead atoms. The molecule has 0 saturated carbocycles. The maximum atomic E-state index is 12.8. The van der Waals surface area contributed by atoms with E-state index in [4.69, 9.17) is 9.52 Å². The summed E-state index contributed by atoms with van der Waals surface area (Å²) in [4.78, 5) is 52.7. The first-order chi connectivity index (χ1) is 13.0. The first-order valence-electron chi connectivity index (χ1n) is 8.86. The number of amides is 1. The predicted molar refractivity (Wildman–Crippen MR) is 99.7 cm³/mol. The van der Waals surface area contributed by atoms with Crippen LogP contribution in [-0.4, -0.2) is 39.7 Å². The molecule has 0 saturated heterocycles. The van der Waals surface area contributed by atoms with Crippen molar-refractivity contribution < 1.29 is 23.9 Å². The molecule has 2 aromatic heterocycles. The van der Waals surface area contributed by atoms with Crippen molar-refractivity contribution in [1.82, 2.24) is 9.88 Å². The van der Waals surface area contributed by atoms with Gasteiger partial charge in [-0.15, -0.1) is 0 Å². The number of nitrogens with zero attached hydrogens (tertiary/aromatic N) is 1. The number of aryl methyl sites for hydroxylation is 1. The Labute approximate surface area is 161 Å². The maximum absolute atomic E-state index is 12.8. The second kappa shape index (κ2) is 6.78. The standard InChI is InChI=1S/C20H22N2O6/c1-10-12(19(26)27)5-11(28-10)9-22(4)18(25)14-6-13-15(21-17(14)24)7-20(2,3)8-16(13)23/h5-6H,7-9H2,1-4H3,(H,21,24)(H,26,27). The van der Waals surface area contributed by atoms with Gasteiger partial charge in [0.25, 0.3) is 11.5 Å². The number of H-pyrrole nitrogens is 1. The number of Topliss-reactive ketones (excluding diaryl/α,β-unsaturated/α-hetero) is 1. The van der Waals surface area contributed by atoms with Gasteiger partial charge in [-0.25, -0.2) is 4.79 Å². The molecule has 1 amide bonds. The summed E-state index contributed by atoms with van der Waals surface area (Å²) in [6, 6.07) is 2.71. The zero-order valence-corrected chi connectivity index (χ0v) is 16.2. The van der Waals surface area contributed by atoms with Crippen LogP contribution in [0.25, 0.3) is 0 Å². The first kappa shape index (κ1) is 19.6. The molecule has 148 valence electrons. The number of carbonyl (C=O) groups excluding carboxylic acids is 2. The number of ketones is 1. The third-order valence-corrected chi connectivity index (χ3v) is 4.89. The van der Waals surface area contributed by atoms with Gasteiger partial charge in [-0.1, -0.05) is 13.8 Å². The summed E-state index contributed by atoms with van der Waals surface area (Å²) in [6.07, 6.45) is 0.899. The van der Waals surface area contributed by atoms with Gasteiger partial charge >= 0.3 is 5.97 Å². The highest BCUT2D eigenvalue weighted by molar-refractivity contribution is 6.02. The fourth-order valence-corrected chi connectivity index (χ4v) is 3.53. The zero-order chi connectivity index (χ0) is 20.8. The molecule has 0 radical (unpaired) electrons. The fourth-order valence-electron chi connectivity index (χ4n) is 3.53. The molecule has 2 N–H and O–H groups in total. The molecule has 2 heterocycles. The van der Waals surface area contributed by atoms with Gasteiger partial charge in [-0.3, -0.25) is 14.4 Å². The van der Waals surface area contributed by atoms with Crippen molar-refractivity contribution in [3.05, 3.63) is 56.4 Å². The molecule has 0 fully saturated rings. The van der Waals surface area contributed by atoms with Crippen molar-refractivity contribution >= 4 is 17.7 Å². The quantitative estimate of drug-likeness (QED) is 0.832. The van der Waals surface area contributed by atoms with E-state index < -0.39 is 17.4 Å². The molecule has 0 unspecified atom stereocenters. The Balaban J connectivity index is 1.87. The van der Waals surface area contributed by atoms with Crippen molar-refractivity contribution in [2.45, 2.75) is 40.2 Å². The highest BCUT2D eigenvalue weighted by Gasteiger charge is 2.33. The third kappa shape index (κ3) is 3.62. The van der Waals surface area contributed by atoms with E-state index >= 15 is 0 Å². The van der Waals surface area contributed by atoms with E-state index in [2.05, 4.69) is 4.98 Å². The van der Waals surface area contributed by atoms with Gasteiger partial charge in [0, 0.05) is 24.7 Å². The normalized spacial score (nSPS) is 15.2. The number of hydrogen-bond acceptors (Lipinski definition) is 5. The molecule has 0 aliphatic heterocycles. The molecular weight excluding hydrogens is 364 g/mol. The molecule has 28 heavy (non-hydrogen) atoms. The third-order valence-electron chi connectivity index (χ3n) is 4.89. The van der Waals surface area contributed by atoms with Crippen LogP contribution in [0.1, 0.15) is 68.6 Å². The van der Waals surface area contributed by atoms with Gasteiger partial charge in [0.2, 0.25) is 0 Å². The second-order valence-corrected chi connectivity index (χ2v) is 7.99. The number of fused-ring (bicyclic) bond motifs is 1. The van der Waals surface area contributed by atoms with Gasteiger partial charge in [0.1, 0.15) is 22.6 Å². The molecule has 1 aliphatic carbocycles.